The van der Waals surface area contributed by atoms with Crippen LogP contribution in [0, 0.1) is 0 Å². The molecule has 0 saturated carbocycles. The summed E-state index contributed by atoms with van der Waals surface area (Å²) in [6.07, 6.45) is 5.91. The van der Waals surface area contributed by atoms with Crippen LogP contribution >= 0.6 is 21.6 Å². The second-order valence-corrected chi connectivity index (χ2v) is 6.70. The molecule has 0 radical (unpaired) electrons. The van der Waals surface area contributed by atoms with Crippen molar-refractivity contribution in [1.29, 1.82) is 0 Å². The summed E-state index contributed by atoms with van der Waals surface area (Å²) in [4.78, 5) is 24.0. The Bertz CT molecular complexity index is 374. The van der Waals surface area contributed by atoms with Gasteiger partial charge in [0.2, 0.25) is 0 Å². The maximum Gasteiger partial charge on any atom is 0.332 e. The largest absolute Gasteiger partial charge is 0.462 e. The van der Waals surface area contributed by atoms with Crippen LogP contribution in [0.2, 0.25) is 0 Å². The van der Waals surface area contributed by atoms with Gasteiger partial charge in [-0.1, -0.05) is 27.7 Å². The van der Waals surface area contributed by atoms with Crippen molar-refractivity contribution >= 4 is 33.5 Å². The van der Waals surface area contributed by atoms with E-state index in [4.69, 9.17) is 14.6 Å². The monoisotopic (exact) mass is 349 g/mol. The summed E-state index contributed by atoms with van der Waals surface area (Å²) in [5, 5.41) is 8.69. The number of hydrogen-bond acceptors (Lipinski definition) is 8. The number of esters is 2. The van der Waals surface area contributed by atoms with Gasteiger partial charge in [-0.2, -0.15) is 0 Å². The Balaban J connectivity index is 3.46. The molecule has 0 fully saturated rings. The summed E-state index contributed by atoms with van der Waals surface area (Å²) in [5.74, 6) is 0.614. The van der Waals surface area contributed by atoms with Gasteiger partial charge in [0.05, 0.1) is 6.61 Å². The van der Waals surface area contributed by atoms with Crippen LogP contribution in [0.25, 0.3) is 0 Å². The van der Waals surface area contributed by atoms with Crippen molar-refractivity contribution < 1.29 is 24.2 Å². The minimum absolute atomic E-state index is 0.0355. The van der Waals surface area contributed by atoms with E-state index in [0.29, 0.717) is 31.3 Å². The average Bonchev–Trinajstić information content (AvgIpc) is 2.48. The highest BCUT2D eigenvalue weighted by molar-refractivity contribution is 8.76. The predicted molar refractivity (Wildman–Crippen MR) is 90.5 cm³/mol. The van der Waals surface area contributed by atoms with Crippen molar-refractivity contribution in [1.82, 2.24) is 4.90 Å². The van der Waals surface area contributed by atoms with Gasteiger partial charge in [0.1, 0.15) is 13.2 Å². The van der Waals surface area contributed by atoms with E-state index in [1.54, 1.807) is 52.7 Å². The first-order chi connectivity index (χ1) is 10.6. The topological polar surface area (TPSA) is 76.1 Å². The van der Waals surface area contributed by atoms with Gasteiger partial charge < -0.3 is 19.5 Å². The molecule has 1 N–H and O–H groups in total. The molecule has 0 unspecified atom stereocenters. The quantitative estimate of drug-likeness (QED) is 0.246. The van der Waals surface area contributed by atoms with Crippen LogP contribution in [-0.2, 0) is 19.1 Å². The molecule has 0 aliphatic heterocycles. The number of carbonyl (C=O) groups is 2. The molecular weight excluding hydrogens is 326 g/mol. The third-order valence-electron chi connectivity index (χ3n) is 2.13. The van der Waals surface area contributed by atoms with Gasteiger partial charge in [-0.15, -0.1) is 0 Å². The average molecular weight is 349 g/mol. The summed E-state index contributed by atoms with van der Waals surface area (Å²) in [6, 6.07) is 0. The number of hydrogen-bond donors (Lipinski definition) is 1. The minimum atomic E-state index is -0.407. The SMILES string of the molecule is C/C=C/C(=O)OCCSSCCOC(=O)/C=C/N(C)CCO. The molecule has 0 aromatic rings. The zero-order valence-corrected chi connectivity index (χ0v) is 14.5. The van der Waals surface area contributed by atoms with Crippen molar-refractivity contribution in [2.45, 2.75) is 6.92 Å². The van der Waals surface area contributed by atoms with E-state index in [1.165, 1.54) is 12.2 Å². The highest BCUT2D eigenvalue weighted by Gasteiger charge is 1.99. The van der Waals surface area contributed by atoms with Crippen molar-refractivity contribution in [2.24, 2.45) is 0 Å². The molecule has 22 heavy (non-hydrogen) atoms. The molecule has 0 heterocycles. The van der Waals surface area contributed by atoms with E-state index in [-0.39, 0.29) is 12.6 Å². The van der Waals surface area contributed by atoms with Gasteiger partial charge in [0, 0.05) is 43.5 Å². The van der Waals surface area contributed by atoms with E-state index in [0.717, 1.165) is 0 Å². The first-order valence-corrected chi connectivity index (χ1v) is 9.29. The summed E-state index contributed by atoms with van der Waals surface area (Å²) in [5.41, 5.74) is 0. The predicted octanol–water partition coefficient (Wildman–Crippen LogP) is 1.47. The van der Waals surface area contributed by atoms with Gasteiger partial charge >= 0.3 is 11.9 Å². The lowest BCUT2D eigenvalue weighted by Gasteiger charge is -2.10. The minimum Gasteiger partial charge on any atom is -0.462 e. The summed E-state index contributed by atoms with van der Waals surface area (Å²) >= 11 is 0. The molecule has 126 valence electrons. The van der Waals surface area contributed by atoms with E-state index < -0.39 is 5.97 Å². The van der Waals surface area contributed by atoms with Crippen molar-refractivity contribution in [3.05, 3.63) is 24.4 Å². The first kappa shape index (κ1) is 20.9. The van der Waals surface area contributed by atoms with Crippen LogP contribution < -0.4 is 0 Å². The number of nitrogens with zero attached hydrogens (tertiary/aromatic N) is 1. The van der Waals surface area contributed by atoms with Crippen LogP contribution in [0.15, 0.2) is 24.4 Å². The molecule has 6 nitrogen and oxygen atoms in total. The van der Waals surface area contributed by atoms with Crippen LogP contribution in [0.4, 0.5) is 0 Å². The van der Waals surface area contributed by atoms with Gasteiger partial charge in [-0.25, -0.2) is 9.59 Å². The first-order valence-electron chi connectivity index (χ1n) is 6.80. The lowest BCUT2D eigenvalue weighted by Crippen LogP contribution is -2.16. The van der Waals surface area contributed by atoms with Crippen LogP contribution in [0.5, 0.6) is 0 Å². The Labute approximate surface area is 139 Å². The molecule has 0 amide bonds. The summed E-state index contributed by atoms with van der Waals surface area (Å²) in [6.45, 7) is 2.94. The molecule has 0 aromatic heterocycles. The fourth-order valence-corrected chi connectivity index (χ4v) is 2.78. The number of allylic oxidation sites excluding steroid dienone is 1. The maximum atomic E-state index is 11.3. The molecule has 0 aliphatic carbocycles. The van der Waals surface area contributed by atoms with E-state index in [2.05, 4.69) is 0 Å². The van der Waals surface area contributed by atoms with Crippen LogP contribution in [0.3, 0.4) is 0 Å². The van der Waals surface area contributed by atoms with E-state index >= 15 is 0 Å². The number of rotatable bonds is 12. The van der Waals surface area contributed by atoms with Crippen LogP contribution in [-0.4, -0.2) is 66.9 Å². The Morgan fingerprint density at radius 2 is 1.64 bits per heavy atom. The highest BCUT2D eigenvalue weighted by atomic mass is 33.1. The van der Waals surface area contributed by atoms with Crippen molar-refractivity contribution in [3.8, 4) is 0 Å². The van der Waals surface area contributed by atoms with Gasteiger partial charge in [-0.3, -0.25) is 0 Å². The molecule has 0 aromatic carbocycles. The Morgan fingerprint density at radius 1 is 1.09 bits per heavy atom. The lowest BCUT2D eigenvalue weighted by molar-refractivity contribution is -0.138. The molecule has 0 bridgehead atoms. The Kier molecular flexibility index (Phi) is 14.0. The Morgan fingerprint density at radius 3 is 2.14 bits per heavy atom. The maximum absolute atomic E-state index is 11.3. The van der Waals surface area contributed by atoms with Crippen molar-refractivity contribution in [3.63, 3.8) is 0 Å². The lowest BCUT2D eigenvalue weighted by atomic mass is 10.5. The molecule has 8 heteroatoms. The number of carbonyl (C=O) groups excluding carboxylic acids is 2. The third kappa shape index (κ3) is 13.8. The number of aliphatic hydroxyl groups excluding tert-OH is 1. The van der Waals surface area contributed by atoms with Gasteiger partial charge in [-0.05, 0) is 6.92 Å². The number of ether oxygens (including phenoxy) is 2. The summed E-state index contributed by atoms with van der Waals surface area (Å²) in [7, 11) is 4.87. The fraction of sp³-hybridized carbons (Fsp3) is 0.571. The second kappa shape index (κ2) is 14.8. The van der Waals surface area contributed by atoms with Crippen molar-refractivity contribution in [2.75, 3.05) is 44.9 Å². The molecule has 0 saturated heterocycles. The molecule has 0 aliphatic rings. The van der Waals surface area contributed by atoms with Gasteiger partial charge in [0.15, 0.2) is 0 Å². The normalized spacial score (nSPS) is 11.0. The fourth-order valence-electron chi connectivity index (χ4n) is 1.12. The van der Waals surface area contributed by atoms with E-state index in [1.807, 2.05) is 0 Å². The second-order valence-electron chi connectivity index (χ2n) is 4.00. The highest BCUT2D eigenvalue weighted by Crippen LogP contribution is 2.20. The standard InChI is InChI=1S/C14H23NO5S2/c1-3-4-13(17)19-9-11-21-22-12-10-20-14(18)5-6-15(2)7-8-16/h3-6,16H,7-12H2,1-2H3/b4-3+,6-5+. The molecular formula is C14H23NO5S2. The van der Waals surface area contributed by atoms with Gasteiger partial charge in [0.25, 0.3) is 0 Å². The molecule has 0 rings (SSSR count). The zero-order chi connectivity index (χ0) is 16.6. The third-order valence-corrected chi connectivity index (χ3v) is 4.46. The molecule has 0 spiro atoms. The number of likely N-dealkylation sites (N-methyl/N-ethyl adjacent to an activating group) is 1. The molecule has 0 atom stereocenters. The van der Waals surface area contributed by atoms with E-state index in [9.17, 15) is 9.59 Å². The summed E-state index contributed by atoms with van der Waals surface area (Å²) < 4.78 is 9.93. The Hall–Kier alpha value is -1.12. The number of aliphatic hydroxyl groups is 1. The smallest absolute Gasteiger partial charge is 0.332 e. The zero-order valence-electron chi connectivity index (χ0n) is 12.9. The van der Waals surface area contributed by atoms with Crippen LogP contribution in [0.1, 0.15) is 6.92 Å².